The van der Waals surface area contributed by atoms with Crippen LogP contribution in [0.25, 0.3) is 5.57 Å². The quantitative estimate of drug-likeness (QED) is 0.614. The van der Waals surface area contributed by atoms with Gasteiger partial charge in [0, 0.05) is 0 Å². The Labute approximate surface area is 71.5 Å². The predicted molar refractivity (Wildman–Crippen MR) is 47.1 cm³/mol. The van der Waals surface area contributed by atoms with Crippen molar-refractivity contribution in [2.24, 2.45) is 0 Å². The van der Waals surface area contributed by atoms with Crippen LogP contribution in [0.2, 0.25) is 0 Å². The van der Waals surface area contributed by atoms with Crippen molar-refractivity contribution in [3.05, 3.63) is 41.9 Å². The lowest BCUT2D eigenvalue weighted by atomic mass is 10.1. The summed E-state index contributed by atoms with van der Waals surface area (Å²) in [5.74, 6) is -0.226. The minimum atomic E-state index is -0.226. The molecule has 1 aromatic carbocycles. The number of halogens is 1. The molecule has 0 radical (unpaired) electrons. The largest absolute Gasteiger partial charge is 0.504 e. The molecule has 0 atom stereocenters. The molecule has 0 aliphatic heterocycles. The van der Waals surface area contributed by atoms with E-state index in [-0.39, 0.29) is 5.82 Å². The van der Waals surface area contributed by atoms with Crippen molar-refractivity contribution in [1.29, 1.82) is 0 Å². The van der Waals surface area contributed by atoms with Gasteiger partial charge in [-0.3, -0.25) is 0 Å². The van der Waals surface area contributed by atoms with E-state index in [1.54, 1.807) is 19.4 Å². The summed E-state index contributed by atoms with van der Waals surface area (Å²) >= 11 is 0. The van der Waals surface area contributed by atoms with Crippen LogP contribution in [0, 0.1) is 5.82 Å². The van der Waals surface area contributed by atoms with Crippen molar-refractivity contribution in [2.45, 2.75) is 6.92 Å². The molecule has 64 valence electrons. The lowest BCUT2D eigenvalue weighted by Gasteiger charge is -2.00. The summed E-state index contributed by atoms with van der Waals surface area (Å²) in [6.07, 6.45) is 1.59. The van der Waals surface area contributed by atoms with Crippen LogP contribution < -0.4 is 0 Å². The molecular weight excluding hydrogens is 155 g/mol. The van der Waals surface area contributed by atoms with Crippen LogP contribution in [-0.2, 0) is 4.74 Å². The molecule has 0 bridgehead atoms. The molecule has 0 fully saturated rings. The van der Waals surface area contributed by atoms with E-state index in [4.69, 9.17) is 4.74 Å². The Morgan fingerprint density at radius 1 is 1.50 bits per heavy atom. The van der Waals surface area contributed by atoms with E-state index in [1.807, 2.05) is 13.0 Å². The highest BCUT2D eigenvalue weighted by atomic mass is 19.1. The number of ether oxygens (including phenoxy) is 1. The van der Waals surface area contributed by atoms with E-state index in [9.17, 15) is 4.39 Å². The zero-order valence-electron chi connectivity index (χ0n) is 7.17. The number of hydrogen-bond acceptors (Lipinski definition) is 1. The van der Waals surface area contributed by atoms with Gasteiger partial charge in [-0.15, -0.1) is 0 Å². The number of allylic oxidation sites excluding steroid dienone is 1. The summed E-state index contributed by atoms with van der Waals surface area (Å²) in [5, 5.41) is 0. The normalized spacial score (nSPS) is 11.4. The first-order chi connectivity index (χ1) is 5.74. The Bertz CT molecular complexity index is 292. The third-order valence-corrected chi connectivity index (χ3v) is 1.57. The van der Waals surface area contributed by atoms with Gasteiger partial charge in [-0.1, -0.05) is 12.1 Å². The monoisotopic (exact) mass is 166 g/mol. The second kappa shape index (κ2) is 3.90. The second-order valence-corrected chi connectivity index (χ2v) is 2.55. The van der Waals surface area contributed by atoms with Crippen LogP contribution in [0.1, 0.15) is 12.5 Å². The average molecular weight is 166 g/mol. The van der Waals surface area contributed by atoms with E-state index in [2.05, 4.69) is 0 Å². The van der Waals surface area contributed by atoms with Crippen LogP contribution >= 0.6 is 0 Å². The zero-order chi connectivity index (χ0) is 8.97. The molecule has 0 saturated carbocycles. The first-order valence-electron chi connectivity index (χ1n) is 3.69. The summed E-state index contributed by atoms with van der Waals surface area (Å²) < 4.78 is 17.5. The van der Waals surface area contributed by atoms with Gasteiger partial charge in [-0.2, -0.15) is 0 Å². The molecule has 0 unspecified atom stereocenters. The third kappa shape index (κ3) is 2.09. The standard InChI is InChI=1S/C10H11FO/c1-8(7-12-2)9-4-3-5-10(11)6-9/h3-7H,1-2H3. The minimum Gasteiger partial charge on any atom is -0.504 e. The molecule has 1 aromatic rings. The summed E-state index contributed by atoms with van der Waals surface area (Å²) in [6.45, 7) is 1.87. The highest BCUT2D eigenvalue weighted by Crippen LogP contribution is 2.14. The van der Waals surface area contributed by atoms with Gasteiger partial charge in [0.15, 0.2) is 0 Å². The molecule has 0 amide bonds. The number of rotatable bonds is 2. The van der Waals surface area contributed by atoms with Gasteiger partial charge in [0.2, 0.25) is 0 Å². The molecular formula is C10H11FO. The Morgan fingerprint density at radius 3 is 2.83 bits per heavy atom. The lowest BCUT2D eigenvalue weighted by molar-refractivity contribution is 0.339. The summed E-state index contributed by atoms with van der Waals surface area (Å²) in [4.78, 5) is 0. The molecule has 0 spiro atoms. The van der Waals surface area contributed by atoms with Gasteiger partial charge < -0.3 is 4.74 Å². The minimum absolute atomic E-state index is 0.226. The van der Waals surface area contributed by atoms with E-state index >= 15 is 0 Å². The molecule has 0 heterocycles. The second-order valence-electron chi connectivity index (χ2n) is 2.55. The Hall–Kier alpha value is -1.31. The Kier molecular flexibility index (Phi) is 2.86. The fourth-order valence-electron chi connectivity index (χ4n) is 0.979. The first-order valence-corrected chi connectivity index (χ1v) is 3.69. The molecule has 0 saturated heterocycles. The van der Waals surface area contributed by atoms with Crippen molar-refractivity contribution in [2.75, 3.05) is 7.11 Å². The van der Waals surface area contributed by atoms with Crippen molar-refractivity contribution in [3.63, 3.8) is 0 Å². The summed E-state index contributed by atoms with van der Waals surface area (Å²) in [5.41, 5.74) is 1.76. The first kappa shape index (κ1) is 8.78. The molecule has 2 heteroatoms. The predicted octanol–water partition coefficient (Wildman–Crippen LogP) is 2.83. The van der Waals surface area contributed by atoms with Crippen molar-refractivity contribution in [3.8, 4) is 0 Å². The average Bonchev–Trinajstić information content (AvgIpc) is 2.05. The SMILES string of the molecule is COC=C(C)c1cccc(F)c1. The molecule has 1 rings (SSSR count). The third-order valence-electron chi connectivity index (χ3n) is 1.57. The maximum absolute atomic E-state index is 12.7. The van der Waals surface area contributed by atoms with Crippen LogP contribution in [0.4, 0.5) is 4.39 Å². The van der Waals surface area contributed by atoms with Crippen molar-refractivity contribution in [1.82, 2.24) is 0 Å². The molecule has 12 heavy (non-hydrogen) atoms. The topological polar surface area (TPSA) is 9.23 Å². The number of methoxy groups -OCH3 is 1. The Balaban J connectivity index is 2.95. The molecule has 0 aliphatic carbocycles. The number of hydrogen-bond donors (Lipinski definition) is 0. The van der Waals surface area contributed by atoms with Crippen LogP contribution in [-0.4, -0.2) is 7.11 Å². The van der Waals surface area contributed by atoms with Gasteiger partial charge >= 0.3 is 0 Å². The molecule has 0 N–H and O–H groups in total. The van der Waals surface area contributed by atoms with Gasteiger partial charge in [0.05, 0.1) is 13.4 Å². The summed E-state index contributed by atoms with van der Waals surface area (Å²) in [7, 11) is 1.57. The molecule has 0 aliphatic rings. The highest BCUT2D eigenvalue weighted by Gasteiger charge is 1.96. The smallest absolute Gasteiger partial charge is 0.123 e. The van der Waals surface area contributed by atoms with Gasteiger partial charge in [0.1, 0.15) is 5.82 Å². The Morgan fingerprint density at radius 2 is 2.25 bits per heavy atom. The van der Waals surface area contributed by atoms with E-state index < -0.39 is 0 Å². The molecule has 1 nitrogen and oxygen atoms in total. The van der Waals surface area contributed by atoms with E-state index in [0.717, 1.165) is 11.1 Å². The van der Waals surface area contributed by atoms with Crippen LogP contribution in [0.5, 0.6) is 0 Å². The highest BCUT2D eigenvalue weighted by molar-refractivity contribution is 5.62. The fraction of sp³-hybridized carbons (Fsp3) is 0.200. The lowest BCUT2D eigenvalue weighted by Crippen LogP contribution is -1.82. The van der Waals surface area contributed by atoms with Gasteiger partial charge in [-0.05, 0) is 30.2 Å². The maximum Gasteiger partial charge on any atom is 0.123 e. The number of benzene rings is 1. The fourth-order valence-corrected chi connectivity index (χ4v) is 0.979. The van der Waals surface area contributed by atoms with E-state index in [0.29, 0.717) is 0 Å². The summed E-state index contributed by atoms with van der Waals surface area (Å²) in [6, 6.07) is 6.42. The molecule has 0 aromatic heterocycles. The van der Waals surface area contributed by atoms with E-state index in [1.165, 1.54) is 12.1 Å². The van der Waals surface area contributed by atoms with Gasteiger partial charge in [0.25, 0.3) is 0 Å². The van der Waals surface area contributed by atoms with Crippen molar-refractivity contribution < 1.29 is 9.13 Å². The van der Waals surface area contributed by atoms with Crippen molar-refractivity contribution >= 4 is 5.57 Å². The zero-order valence-corrected chi connectivity index (χ0v) is 7.17. The van der Waals surface area contributed by atoms with Crippen LogP contribution in [0.3, 0.4) is 0 Å². The van der Waals surface area contributed by atoms with Gasteiger partial charge in [-0.25, -0.2) is 4.39 Å². The van der Waals surface area contributed by atoms with Crippen LogP contribution in [0.15, 0.2) is 30.5 Å². The maximum atomic E-state index is 12.7.